The zero-order chi connectivity index (χ0) is 23.8. The number of nitro benzene ring substituents is 1. The molecule has 3 aromatic carbocycles. The predicted octanol–water partition coefficient (Wildman–Crippen LogP) is 5.04. The SMILES string of the molecule is COc1cc(/C=C(\C#N)C(=O)Nc2cccc([N+](=O)[O-])c2)ccc1OCc1cccc(C)c1. The Morgan fingerprint density at radius 3 is 2.61 bits per heavy atom. The van der Waals surface area contributed by atoms with Crippen LogP contribution in [0.3, 0.4) is 0 Å². The summed E-state index contributed by atoms with van der Waals surface area (Å²) < 4.78 is 11.3. The molecule has 3 rings (SSSR count). The molecule has 1 amide bonds. The summed E-state index contributed by atoms with van der Waals surface area (Å²) >= 11 is 0. The number of ether oxygens (including phenoxy) is 2. The molecular formula is C25H21N3O5. The van der Waals surface area contributed by atoms with Crippen molar-refractivity contribution in [1.29, 1.82) is 5.26 Å². The third-order valence-corrected chi connectivity index (χ3v) is 4.66. The molecule has 0 heterocycles. The van der Waals surface area contributed by atoms with Gasteiger partial charge >= 0.3 is 0 Å². The number of carbonyl (C=O) groups excluding carboxylic acids is 1. The van der Waals surface area contributed by atoms with Gasteiger partial charge in [-0.3, -0.25) is 14.9 Å². The molecule has 8 nitrogen and oxygen atoms in total. The van der Waals surface area contributed by atoms with Crippen molar-refractivity contribution < 1.29 is 19.2 Å². The average molecular weight is 443 g/mol. The first-order valence-electron chi connectivity index (χ1n) is 9.93. The standard InChI is InChI=1S/C25H21N3O5/c1-17-5-3-6-19(11-17)16-33-23-10-9-18(13-24(23)32-2)12-20(15-26)25(29)27-21-7-4-8-22(14-21)28(30)31/h3-14H,16H2,1-2H3,(H,27,29)/b20-12+. The lowest BCUT2D eigenvalue weighted by atomic mass is 10.1. The number of aryl methyl sites for hydroxylation is 1. The fraction of sp³-hybridized carbons (Fsp3) is 0.120. The number of hydrogen-bond acceptors (Lipinski definition) is 6. The van der Waals surface area contributed by atoms with Crippen molar-refractivity contribution in [2.45, 2.75) is 13.5 Å². The molecule has 0 aliphatic heterocycles. The predicted molar refractivity (Wildman–Crippen MR) is 124 cm³/mol. The highest BCUT2D eigenvalue weighted by Gasteiger charge is 2.13. The monoisotopic (exact) mass is 443 g/mol. The number of non-ortho nitro benzene ring substituents is 1. The third kappa shape index (κ3) is 6.18. The van der Waals surface area contributed by atoms with E-state index in [1.54, 1.807) is 18.2 Å². The lowest BCUT2D eigenvalue weighted by Crippen LogP contribution is -2.13. The van der Waals surface area contributed by atoms with Gasteiger partial charge in [-0.15, -0.1) is 0 Å². The summed E-state index contributed by atoms with van der Waals surface area (Å²) in [6, 6.07) is 20.4. The first kappa shape index (κ1) is 23.0. The summed E-state index contributed by atoms with van der Waals surface area (Å²) in [4.78, 5) is 22.9. The smallest absolute Gasteiger partial charge is 0.271 e. The van der Waals surface area contributed by atoms with Gasteiger partial charge in [0.25, 0.3) is 11.6 Å². The van der Waals surface area contributed by atoms with Gasteiger partial charge in [0.15, 0.2) is 11.5 Å². The zero-order valence-electron chi connectivity index (χ0n) is 18.1. The Labute approximate surface area is 190 Å². The first-order valence-corrected chi connectivity index (χ1v) is 9.93. The molecule has 0 aliphatic carbocycles. The molecule has 0 aliphatic rings. The van der Waals surface area contributed by atoms with Crippen LogP contribution in [-0.4, -0.2) is 17.9 Å². The van der Waals surface area contributed by atoms with Crippen molar-refractivity contribution in [2.75, 3.05) is 12.4 Å². The van der Waals surface area contributed by atoms with Gasteiger partial charge in [-0.1, -0.05) is 42.0 Å². The number of hydrogen-bond donors (Lipinski definition) is 1. The third-order valence-electron chi connectivity index (χ3n) is 4.66. The lowest BCUT2D eigenvalue weighted by molar-refractivity contribution is -0.384. The number of anilines is 1. The first-order chi connectivity index (χ1) is 15.9. The van der Waals surface area contributed by atoms with E-state index in [2.05, 4.69) is 5.32 Å². The van der Waals surface area contributed by atoms with E-state index in [1.807, 2.05) is 37.3 Å². The van der Waals surface area contributed by atoms with Crippen molar-refractivity contribution in [3.63, 3.8) is 0 Å². The second kappa shape index (κ2) is 10.6. The van der Waals surface area contributed by atoms with Gasteiger partial charge < -0.3 is 14.8 Å². The Hall–Kier alpha value is -4.64. The molecule has 33 heavy (non-hydrogen) atoms. The van der Waals surface area contributed by atoms with E-state index in [1.165, 1.54) is 37.5 Å². The van der Waals surface area contributed by atoms with Crippen molar-refractivity contribution in [3.05, 3.63) is 99.1 Å². The minimum atomic E-state index is -0.684. The highest BCUT2D eigenvalue weighted by Crippen LogP contribution is 2.30. The van der Waals surface area contributed by atoms with Gasteiger partial charge in [-0.2, -0.15) is 5.26 Å². The van der Waals surface area contributed by atoms with Crippen LogP contribution in [0.15, 0.2) is 72.3 Å². The number of nitrogens with zero attached hydrogens (tertiary/aromatic N) is 2. The number of methoxy groups -OCH3 is 1. The quantitative estimate of drug-likeness (QED) is 0.226. The van der Waals surface area contributed by atoms with Gasteiger partial charge in [0.2, 0.25) is 0 Å². The number of nitrogens with one attached hydrogen (secondary N) is 1. The van der Waals surface area contributed by atoms with E-state index in [-0.39, 0.29) is 16.9 Å². The van der Waals surface area contributed by atoms with Crippen LogP contribution in [-0.2, 0) is 11.4 Å². The summed E-state index contributed by atoms with van der Waals surface area (Å²) in [6.45, 7) is 2.37. The number of rotatable bonds is 8. The molecule has 166 valence electrons. The highest BCUT2D eigenvalue weighted by atomic mass is 16.6. The molecule has 0 aromatic heterocycles. The van der Waals surface area contributed by atoms with Gasteiger partial charge in [0.1, 0.15) is 18.2 Å². The maximum Gasteiger partial charge on any atom is 0.271 e. The molecule has 0 saturated carbocycles. The Balaban J connectivity index is 1.76. The largest absolute Gasteiger partial charge is 0.493 e. The van der Waals surface area contributed by atoms with Crippen molar-refractivity contribution in [3.8, 4) is 17.6 Å². The van der Waals surface area contributed by atoms with Crippen LogP contribution in [0.25, 0.3) is 6.08 Å². The van der Waals surface area contributed by atoms with Crippen LogP contribution in [0.4, 0.5) is 11.4 Å². The second-order valence-electron chi connectivity index (χ2n) is 7.12. The molecule has 0 radical (unpaired) electrons. The molecule has 3 aromatic rings. The summed E-state index contributed by atoms with van der Waals surface area (Å²) in [5.41, 5.74) is 2.59. The minimum Gasteiger partial charge on any atom is -0.493 e. The van der Waals surface area contributed by atoms with Crippen LogP contribution in [0.5, 0.6) is 11.5 Å². The normalized spacial score (nSPS) is 10.8. The summed E-state index contributed by atoms with van der Waals surface area (Å²) in [5, 5.41) is 22.9. The molecule has 0 unspecified atom stereocenters. The van der Waals surface area contributed by atoms with Gasteiger partial charge in [0, 0.05) is 17.8 Å². The van der Waals surface area contributed by atoms with Crippen LogP contribution in [0.1, 0.15) is 16.7 Å². The highest BCUT2D eigenvalue weighted by molar-refractivity contribution is 6.09. The van der Waals surface area contributed by atoms with Crippen molar-refractivity contribution >= 4 is 23.4 Å². The number of carbonyl (C=O) groups is 1. The maximum atomic E-state index is 12.5. The lowest BCUT2D eigenvalue weighted by Gasteiger charge is -2.12. The fourth-order valence-electron chi connectivity index (χ4n) is 3.07. The molecule has 0 bridgehead atoms. The minimum absolute atomic E-state index is 0.165. The van der Waals surface area contributed by atoms with Gasteiger partial charge in [0.05, 0.1) is 12.0 Å². The van der Waals surface area contributed by atoms with Crippen LogP contribution >= 0.6 is 0 Å². The van der Waals surface area contributed by atoms with E-state index in [4.69, 9.17) is 9.47 Å². The molecule has 0 fully saturated rings. The Morgan fingerprint density at radius 1 is 1.12 bits per heavy atom. The van der Waals surface area contributed by atoms with Crippen molar-refractivity contribution in [2.24, 2.45) is 0 Å². The van der Waals surface area contributed by atoms with Crippen LogP contribution in [0.2, 0.25) is 0 Å². The Bertz CT molecular complexity index is 1260. The molecule has 1 N–H and O–H groups in total. The summed E-state index contributed by atoms with van der Waals surface area (Å²) in [6.07, 6.45) is 1.40. The number of amides is 1. The summed E-state index contributed by atoms with van der Waals surface area (Å²) in [5.74, 6) is 0.292. The second-order valence-corrected chi connectivity index (χ2v) is 7.12. The molecule has 0 saturated heterocycles. The maximum absolute atomic E-state index is 12.5. The fourth-order valence-corrected chi connectivity index (χ4v) is 3.07. The van der Waals surface area contributed by atoms with Gasteiger partial charge in [-0.25, -0.2) is 0 Å². The van der Waals surface area contributed by atoms with E-state index in [0.717, 1.165) is 11.1 Å². The molecule has 0 atom stereocenters. The van der Waals surface area contributed by atoms with E-state index in [9.17, 15) is 20.2 Å². The molecular weight excluding hydrogens is 422 g/mol. The summed E-state index contributed by atoms with van der Waals surface area (Å²) in [7, 11) is 1.50. The molecule has 8 heteroatoms. The number of nitriles is 1. The van der Waals surface area contributed by atoms with Gasteiger partial charge in [-0.05, 0) is 42.3 Å². The van der Waals surface area contributed by atoms with Crippen molar-refractivity contribution in [1.82, 2.24) is 0 Å². The Morgan fingerprint density at radius 2 is 1.91 bits per heavy atom. The average Bonchev–Trinajstić information content (AvgIpc) is 2.81. The van der Waals surface area contributed by atoms with E-state index in [0.29, 0.717) is 23.7 Å². The van der Waals surface area contributed by atoms with Crippen LogP contribution in [0, 0.1) is 28.4 Å². The Kier molecular flexibility index (Phi) is 7.39. The van der Waals surface area contributed by atoms with Crippen LogP contribution < -0.4 is 14.8 Å². The van der Waals surface area contributed by atoms with E-state index >= 15 is 0 Å². The number of benzene rings is 3. The number of nitro groups is 1. The van der Waals surface area contributed by atoms with E-state index < -0.39 is 10.8 Å². The topological polar surface area (TPSA) is 114 Å². The molecule has 0 spiro atoms. The zero-order valence-corrected chi connectivity index (χ0v) is 18.1.